The number of morpholine rings is 1. The van der Waals surface area contributed by atoms with E-state index in [2.05, 4.69) is 54.8 Å². The number of aromatic nitrogens is 3. The number of ether oxygens (including phenoxy) is 1. The molecule has 4 aromatic rings. The van der Waals surface area contributed by atoms with Crippen LogP contribution in [0.5, 0.6) is 0 Å². The van der Waals surface area contributed by atoms with Crippen LogP contribution in [0.3, 0.4) is 0 Å². The fraction of sp³-hybridized carbons (Fsp3) is 0.261. The van der Waals surface area contributed by atoms with Crippen LogP contribution < -0.4 is 10.6 Å². The minimum Gasteiger partial charge on any atom is -0.379 e. The molecule has 2 N–H and O–H groups in total. The molecule has 0 saturated carbocycles. The highest BCUT2D eigenvalue weighted by atomic mass is 32.1. The van der Waals surface area contributed by atoms with Crippen molar-refractivity contribution in [1.82, 2.24) is 19.9 Å². The third-order valence-electron chi connectivity index (χ3n) is 5.33. The lowest BCUT2D eigenvalue weighted by molar-refractivity contribution is 0.0342. The van der Waals surface area contributed by atoms with E-state index >= 15 is 0 Å². The predicted molar refractivity (Wildman–Crippen MR) is 125 cm³/mol. The number of anilines is 4. The zero-order chi connectivity index (χ0) is 21.9. The largest absolute Gasteiger partial charge is 0.379 e. The average molecular weight is 451 g/mol. The highest BCUT2D eigenvalue weighted by molar-refractivity contribution is 7.22. The molecule has 7 nitrogen and oxygen atoms in total. The summed E-state index contributed by atoms with van der Waals surface area (Å²) in [5.41, 5.74) is 4.18. The van der Waals surface area contributed by atoms with Gasteiger partial charge in [0.05, 0.1) is 13.2 Å². The van der Waals surface area contributed by atoms with Crippen molar-refractivity contribution in [2.45, 2.75) is 13.5 Å². The summed E-state index contributed by atoms with van der Waals surface area (Å²) in [5.74, 6) is 0.413. The minimum absolute atomic E-state index is 0.233. The summed E-state index contributed by atoms with van der Waals surface area (Å²) in [6.07, 6.45) is 1.48. The average Bonchev–Trinajstić information content (AvgIpc) is 3.22. The van der Waals surface area contributed by atoms with Gasteiger partial charge in [0.25, 0.3) is 0 Å². The van der Waals surface area contributed by atoms with Crippen LogP contribution in [0.25, 0.3) is 10.3 Å². The first-order valence-electron chi connectivity index (χ1n) is 10.4. The summed E-state index contributed by atoms with van der Waals surface area (Å²) in [4.78, 5) is 15.6. The van der Waals surface area contributed by atoms with Gasteiger partial charge in [-0.2, -0.15) is 4.98 Å². The van der Waals surface area contributed by atoms with Crippen LogP contribution >= 0.6 is 11.3 Å². The number of halogens is 1. The van der Waals surface area contributed by atoms with Gasteiger partial charge in [-0.05, 0) is 48.4 Å². The molecule has 0 amide bonds. The Balaban J connectivity index is 1.30. The maximum absolute atomic E-state index is 13.6. The van der Waals surface area contributed by atoms with Crippen LogP contribution in [0.1, 0.15) is 11.1 Å². The van der Waals surface area contributed by atoms with Gasteiger partial charge in [0, 0.05) is 31.0 Å². The van der Waals surface area contributed by atoms with Crippen molar-refractivity contribution in [2.75, 3.05) is 36.9 Å². The van der Waals surface area contributed by atoms with Gasteiger partial charge in [0.1, 0.15) is 16.8 Å². The van der Waals surface area contributed by atoms with Crippen LogP contribution in [0.2, 0.25) is 0 Å². The first-order valence-corrected chi connectivity index (χ1v) is 11.3. The second kappa shape index (κ2) is 9.15. The molecule has 0 bridgehead atoms. The van der Waals surface area contributed by atoms with Gasteiger partial charge in [-0.3, -0.25) is 4.90 Å². The molecule has 0 aliphatic carbocycles. The van der Waals surface area contributed by atoms with Gasteiger partial charge in [-0.25, -0.2) is 14.4 Å². The van der Waals surface area contributed by atoms with E-state index in [1.165, 1.54) is 29.3 Å². The Morgan fingerprint density at radius 3 is 2.59 bits per heavy atom. The number of nitrogens with one attached hydrogen (secondary N) is 2. The molecule has 2 aromatic heterocycles. The molecule has 0 atom stereocenters. The van der Waals surface area contributed by atoms with Crippen molar-refractivity contribution in [3.63, 3.8) is 0 Å². The molecular formula is C23H23FN6OS. The quantitative estimate of drug-likeness (QED) is 0.435. The molecule has 164 valence electrons. The first kappa shape index (κ1) is 20.7. The van der Waals surface area contributed by atoms with Gasteiger partial charge < -0.3 is 15.4 Å². The summed E-state index contributed by atoms with van der Waals surface area (Å²) in [5, 5.41) is 7.35. The smallest absolute Gasteiger partial charge is 0.189 e. The Labute approximate surface area is 189 Å². The summed E-state index contributed by atoms with van der Waals surface area (Å²) < 4.78 is 19.8. The Bertz CT molecular complexity index is 1220. The van der Waals surface area contributed by atoms with E-state index in [0.29, 0.717) is 17.0 Å². The van der Waals surface area contributed by atoms with Crippen molar-refractivity contribution < 1.29 is 9.13 Å². The standard InChI is InChI=1S/C23H23FN6OS/c1-15-12-18(6-7-19(15)24)27-21-20-22(26-14-25-21)29-23(32-20)28-17-4-2-16(3-5-17)13-30-8-10-31-11-9-30/h2-7,12,14H,8-11,13H2,1H3,(H2,25,26,27,28,29). The molecule has 5 rings (SSSR count). The van der Waals surface area contributed by atoms with Gasteiger partial charge in [-0.15, -0.1) is 0 Å². The number of nitrogens with zero attached hydrogens (tertiary/aromatic N) is 4. The lowest BCUT2D eigenvalue weighted by atomic mass is 10.2. The lowest BCUT2D eigenvalue weighted by Crippen LogP contribution is -2.35. The molecule has 0 radical (unpaired) electrons. The number of rotatable bonds is 6. The van der Waals surface area contributed by atoms with Gasteiger partial charge in [0.15, 0.2) is 16.6 Å². The van der Waals surface area contributed by atoms with Gasteiger partial charge in [-0.1, -0.05) is 23.5 Å². The zero-order valence-corrected chi connectivity index (χ0v) is 18.5. The number of thiazole rings is 1. The predicted octanol–water partition coefficient (Wildman–Crippen LogP) is 4.85. The molecule has 1 saturated heterocycles. The topological polar surface area (TPSA) is 75.2 Å². The maximum Gasteiger partial charge on any atom is 0.189 e. The maximum atomic E-state index is 13.6. The molecule has 9 heteroatoms. The molecule has 1 fully saturated rings. The second-order valence-electron chi connectivity index (χ2n) is 7.69. The fourth-order valence-corrected chi connectivity index (χ4v) is 4.47. The van der Waals surface area contributed by atoms with Crippen molar-refractivity contribution in [2.24, 2.45) is 0 Å². The van der Waals surface area contributed by atoms with E-state index in [1.54, 1.807) is 19.1 Å². The monoisotopic (exact) mass is 450 g/mol. The summed E-state index contributed by atoms with van der Waals surface area (Å²) in [6, 6.07) is 13.3. The van der Waals surface area contributed by atoms with Gasteiger partial charge >= 0.3 is 0 Å². The molecule has 2 aromatic carbocycles. The van der Waals surface area contributed by atoms with Gasteiger partial charge in [0.2, 0.25) is 0 Å². The molecular weight excluding hydrogens is 427 g/mol. The van der Waals surface area contributed by atoms with E-state index in [-0.39, 0.29) is 5.82 Å². The third-order valence-corrected chi connectivity index (χ3v) is 6.29. The van der Waals surface area contributed by atoms with Crippen molar-refractivity contribution in [3.05, 3.63) is 65.7 Å². The van der Waals surface area contributed by atoms with E-state index in [1.807, 2.05) is 0 Å². The summed E-state index contributed by atoms with van der Waals surface area (Å²) in [6.45, 7) is 6.21. The van der Waals surface area contributed by atoms with E-state index in [0.717, 1.165) is 54.1 Å². The molecule has 0 unspecified atom stereocenters. The number of benzene rings is 2. The molecule has 32 heavy (non-hydrogen) atoms. The minimum atomic E-state index is -0.233. The van der Waals surface area contributed by atoms with Crippen LogP contribution in [-0.4, -0.2) is 46.2 Å². The second-order valence-corrected chi connectivity index (χ2v) is 8.69. The molecule has 0 spiro atoms. The Kier molecular flexibility index (Phi) is 5.93. The highest BCUT2D eigenvalue weighted by Gasteiger charge is 2.13. The summed E-state index contributed by atoms with van der Waals surface area (Å²) in [7, 11) is 0. The van der Waals surface area contributed by atoms with Crippen molar-refractivity contribution >= 4 is 44.0 Å². The number of hydrogen-bond donors (Lipinski definition) is 2. The number of aryl methyl sites for hydroxylation is 1. The highest BCUT2D eigenvalue weighted by Crippen LogP contribution is 2.33. The lowest BCUT2D eigenvalue weighted by Gasteiger charge is -2.26. The van der Waals surface area contributed by atoms with E-state index < -0.39 is 0 Å². The van der Waals surface area contributed by atoms with Crippen LogP contribution in [0, 0.1) is 12.7 Å². The summed E-state index contributed by atoms with van der Waals surface area (Å²) >= 11 is 1.47. The molecule has 1 aliphatic heterocycles. The Morgan fingerprint density at radius 1 is 1.03 bits per heavy atom. The van der Waals surface area contributed by atoms with Crippen LogP contribution in [0.4, 0.5) is 26.7 Å². The Hall–Kier alpha value is -3.14. The van der Waals surface area contributed by atoms with E-state index in [9.17, 15) is 4.39 Å². The fourth-order valence-electron chi connectivity index (χ4n) is 3.59. The third kappa shape index (κ3) is 4.69. The Morgan fingerprint density at radius 2 is 1.81 bits per heavy atom. The van der Waals surface area contributed by atoms with E-state index in [4.69, 9.17) is 4.74 Å². The van der Waals surface area contributed by atoms with Crippen molar-refractivity contribution in [1.29, 1.82) is 0 Å². The van der Waals surface area contributed by atoms with Crippen LogP contribution in [-0.2, 0) is 11.3 Å². The number of hydrogen-bond acceptors (Lipinski definition) is 8. The normalized spacial score (nSPS) is 14.6. The molecule has 1 aliphatic rings. The molecule has 3 heterocycles. The van der Waals surface area contributed by atoms with Crippen molar-refractivity contribution in [3.8, 4) is 0 Å². The number of fused-ring (bicyclic) bond motifs is 1. The SMILES string of the molecule is Cc1cc(Nc2ncnc3nc(Nc4ccc(CN5CCOCC5)cc4)sc23)ccc1F. The first-order chi connectivity index (χ1) is 15.6. The van der Waals surface area contributed by atoms with Crippen LogP contribution in [0.15, 0.2) is 48.8 Å². The zero-order valence-electron chi connectivity index (χ0n) is 17.6.